The summed E-state index contributed by atoms with van der Waals surface area (Å²) < 4.78 is 0. The van der Waals surface area contributed by atoms with Crippen molar-refractivity contribution in [1.82, 2.24) is 5.32 Å². The highest BCUT2D eigenvalue weighted by Gasteiger charge is 2.26. The highest BCUT2D eigenvalue weighted by molar-refractivity contribution is 5.96. The van der Waals surface area contributed by atoms with Crippen LogP contribution in [0.2, 0.25) is 0 Å². The Morgan fingerprint density at radius 1 is 1.20 bits per heavy atom. The van der Waals surface area contributed by atoms with Crippen LogP contribution in [0.3, 0.4) is 0 Å². The fraction of sp³-hybridized carbons (Fsp3) is 0.562. The van der Waals surface area contributed by atoms with Crippen molar-refractivity contribution in [2.75, 3.05) is 18.1 Å². The topological polar surface area (TPSA) is 67.2 Å². The van der Waals surface area contributed by atoms with Gasteiger partial charge in [0.1, 0.15) is 0 Å². The van der Waals surface area contributed by atoms with Gasteiger partial charge in [0, 0.05) is 18.2 Å². The summed E-state index contributed by atoms with van der Waals surface area (Å²) in [6.45, 7) is 10.9. The zero-order valence-corrected chi connectivity index (χ0v) is 13.4. The minimum Gasteiger partial charge on any atom is -0.397 e. The molecule has 0 radical (unpaired) electrons. The molecule has 0 atom stereocenters. The van der Waals surface area contributed by atoms with Crippen molar-refractivity contribution < 1.29 is 4.79 Å². The lowest BCUT2D eigenvalue weighted by Gasteiger charge is -2.34. The standard InChI is InChI=1S/C16H27N3O/c1-15(2,3)10-16(4,5)19-13-9-11(14(20)18-6)7-8-12(13)17/h7-9,19H,10,17H2,1-6H3,(H,18,20). The number of amides is 1. The number of rotatable bonds is 4. The first-order valence-corrected chi connectivity index (χ1v) is 6.94. The average molecular weight is 277 g/mol. The van der Waals surface area contributed by atoms with Gasteiger partial charge in [-0.2, -0.15) is 0 Å². The molecule has 0 unspecified atom stereocenters. The highest BCUT2D eigenvalue weighted by atomic mass is 16.1. The average Bonchev–Trinajstić information content (AvgIpc) is 2.27. The molecule has 0 aliphatic carbocycles. The second-order valence-electron chi connectivity index (χ2n) is 7.13. The molecule has 4 N–H and O–H groups in total. The van der Waals surface area contributed by atoms with Crippen LogP contribution < -0.4 is 16.4 Å². The number of carbonyl (C=O) groups excluding carboxylic acids is 1. The van der Waals surface area contributed by atoms with Gasteiger partial charge in [-0.25, -0.2) is 0 Å². The molecule has 0 aliphatic heterocycles. The minimum absolute atomic E-state index is 0.103. The van der Waals surface area contributed by atoms with Crippen LogP contribution in [-0.2, 0) is 0 Å². The number of nitrogens with one attached hydrogen (secondary N) is 2. The van der Waals surface area contributed by atoms with Gasteiger partial charge in [0.05, 0.1) is 11.4 Å². The van der Waals surface area contributed by atoms with Crippen LogP contribution in [0.25, 0.3) is 0 Å². The van der Waals surface area contributed by atoms with Crippen LogP contribution in [-0.4, -0.2) is 18.5 Å². The Balaban J connectivity index is 2.99. The Bertz CT molecular complexity index is 487. The summed E-state index contributed by atoms with van der Waals surface area (Å²) in [7, 11) is 1.62. The summed E-state index contributed by atoms with van der Waals surface area (Å²) >= 11 is 0. The molecule has 0 saturated carbocycles. The van der Waals surface area contributed by atoms with Crippen molar-refractivity contribution in [3.63, 3.8) is 0 Å². The molecule has 0 aliphatic rings. The quantitative estimate of drug-likeness (QED) is 0.740. The third-order valence-electron chi connectivity index (χ3n) is 2.99. The zero-order valence-electron chi connectivity index (χ0n) is 13.4. The molecule has 1 aromatic carbocycles. The molecule has 0 saturated heterocycles. The molecule has 0 bridgehead atoms. The maximum Gasteiger partial charge on any atom is 0.251 e. The Kier molecular flexibility index (Phi) is 4.69. The number of nitrogen functional groups attached to an aromatic ring is 1. The Morgan fingerprint density at radius 3 is 2.30 bits per heavy atom. The predicted octanol–water partition coefficient (Wildman–Crippen LogP) is 3.26. The van der Waals surface area contributed by atoms with Gasteiger partial charge in [-0.1, -0.05) is 20.8 Å². The van der Waals surface area contributed by atoms with Crippen molar-refractivity contribution in [1.29, 1.82) is 0 Å². The van der Waals surface area contributed by atoms with E-state index in [2.05, 4.69) is 45.3 Å². The molecule has 0 aromatic heterocycles. The van der Waals surface area contributed by atoms with Gasteiger partial charge < -0.3 is 16.4 Å². The van der Waals surface area contributed by atoms with Crippen molar-refractivity contribution in [3.05, 3.63) is 23.8 Å². The number of hydrogen-bond donors (Lipinski definition) is 3. The van der Waals surface area contributed by atoms with Crippen LogP contribution in [0.15, 0.2) is 18.2 Å². The molecule has 1 rings (SSSR count). The fourth-order valence-electron chi connectivity index (χ4n) is 2.68. The summed E-state index contributed by atoms with van der Waals surface area (Å²) in [4.78, 5) is 11.7. The molecular weight excluding hydrogens is 250 g/mol. The Hall–Kier alpha value is -1.71. The van der Waals surface area contributed by atoms with E-state index in [4.69, 9.17) is 5.73 Å². The molecule has 20 heavy (non-hydrogen) atoms. The monoisotopic (exact) mass is 277 g/mol. The van der Waals surface area contributed by atoms with E-state index >= 15 is 0 Å². The van der Waals surface area contributed by atoms with Gasteiger partial charge in [0.25, 0.3) is 5.91 Å². The van der Waals surface area contributed by atoms with E-state index in [0.29, 0.717) is 11.3 Å². The number of hydrogen-bond acceptors (Lipinski definition) is 3. The number of carbonyl (C=O) groups is 1. The van der Waals surface area contributed by atoms with Crippen LogP contribution in [0, 0.1) is 5.41 Å². The van der Waals surface area contributed by atoms with E-state index < -0.39 is 0 Å². The lowest BCUT2D eigenvalue weighted by molar-refractivity contribution is 0.0963. The van der Waals surface area contributed by atoms with Crippen LogP contribution in [0.5, 0.6) is 0 Å². The van der Waals surface area contributed by atoms with Gasteiger partial charge in [-0.05, 0) is 43.9 Å². The third kappa shape index (κ3) is 4.76. The smallest absolute Gasteiger partial charge is 0.251 e. The summed E-state index contributed by atoms with van der Waals surface area (Å²) in [6, 6.07) is 5.30. The zero-order chi connectivity index (χ0) is 15.6. The molecule has 0 fully saturated rings. The molecular formula is C16H27N3O. The first-order chi connectivity index (χ1) is 9.04. The van der Waals surface area contributed by atoms with Crippen LogP contribution in [0.4, 0.5) is 11.4 Å². The number of benzene rings is 1. The Labute approximate surface area is 122 Å². The summed E-state index contributed by atoms with van der Waals surface area (Å²) in [5, 5.41) is 6.08. The van der Waals surface area contributed by atoms with Crippen LogP contribution in [0.1, 0.15) is 51.4 Å². The lowest BCUT2D eigenvalue weighted by Crippen LogP contribution is -2.35. The van der Waals surface area contributed by atoms with Gasteiger partial charge in [-0.15, -0.1) is 0 Å². The largest absolute Gasteiger partial charge is 0.397 e. The molecule has 4 heteroatoms. The van der Waals surface area contributed by atoms with E-state index in [9.17, 15) is 4.79 Å². The van der Waals surface area contributed by atoms with E-state index in [1.807, 2.05) is 0 Å². The lowest BCUT2D eigenvalue weighted by atomic mass is 9.81. The van der Waals surface area contributed by atoms with E-state index in [1.165, 1.54) is 0 Å². The molecule has 1 aromatic rings. The van der Waals surface area contributed by atoms with Gasteiger partial charge in [0.2, 0.25) is 0 Å². The first-order valence-electron chi connectivity index (χ1n) is 6.94. The summed E-state index contributed by atoms with van der Waals surface area (Å²) in [6.07, 6.45) is 0.990. The van der Waals surface area contributed by atoms with Gasteiger partial charge >= 0.3 is 0 Å². The molecule has 0 heterocycles. The van der Waals surface area contributed by atoms with E-state index in [-0.39, 0.29) is 16.9 Å². The molecule has 4 nitrogen and oxygen atoms in total. The molecule has 0 spiro atoms. The second kappa shape index (κ2) is 5.73. The van der Waals surface area contributed by atoms with Crippen LogP contribution >= 0.6 is 0 Å². The summed E-state index contributed by atoms with van der Waals surface area (Å²) in [5.41, 5.74) is 8.18. The number of nitrogens with two attached hydrogens (primary N) is 1. The third-order valence-corrected chi connectivity index (χ3v) is 2.99. The number of anilines is 2. The maximum absolute atomic E-state index is 11.7. The van der Waals surface area contributed by atoms with E-state index in [0.717, 1.165) is 12.1 Å². The Morgan fingerprint density at radius 2 is 1.80 bits per heavy atom. The van der Waals surface area contributed by atoms with Gasteiger partial charge in [-0.3, -0.25) is 4.79 Å². The van der Waals surface area contributed by atoms with Crippen molar-refractivity contribution in [2.45, 2.75) is 46.6 Å². The second-order valence-corrected chi connectivity index (χ2v) is 7.13. The first kappa shape index (κ1) is 16.3. The molecule has 112 valence electrons. The highest BCUT2D eigenvalue weighted by Crippen LogP contribution is 2.31. The van der Waals surface area contributed by atoms with Crippen molar-refractivity contribution >= 4 is 17.3 Å². The van der Waals surface area contributed by atoms with Gasteiger partial charge in [0.15, 0.2) is 0 Å². The summed E-state index contributed by atoms with van der Waals surface area (Å²) in [5.74, 6) is -0.110. The van der Waals surface area contributed by atoms with Crippen molar-refractivity contribution in [2.24, 2.45) is 5.41 Å². The predicted molar refractivity (Wildman–Crippen MR) is 86.0 cm³/mol. The minimum atomic E-state index is -0.110. The normalized spacial score (nSPS) is 12.1. The fourth-order valence-corrected chi connectivity index (χ4v) is 2.68. The van der Waals surface area contributed by atoms with Crippen molar-refractivity contribution in [3.8, 4) is 0 Å². The SMILES string of the molecule is CNC(=O)c1ccc(N)c(NC(C)(C)CC(C)(C)C)c1. The molecule has 1 amide bonds. The van der Waals surface area contributed by atoms with E-state index in [1.54, 1.807) is 25.2 Å². The maximum atomic E-state index is 11.7.